The molecule has 0 spiro atoms. The van der Waals surface area contributed by atoms with Crippen LogP contribution in [0.25, 0.3) is 11.3 Å². The van der Waals surface area contributed by atoms with E-state index in [4.69, 9.17) is 10.5 Å². The number of anilines is 1. The van der Waals surface area contributed by atoms with Crippen LogP contribution in [0.3, 0.4) is 0 Å². The highest BCUT2D eigenvalue weighted by Gasteiger charge is 2.23. The number of methoxy groups -OCH3 is 1. The first-order valence-corrected chi connectivity index (χ1v) is 11.0. The number of pyridine rings is 1. The molecule has 1 saturated heterocycles. The molecule has 3 aromatic rings. The molecule has 2 N–H and O–H groups in total. The van der Waals surface area contributed by atoms with E-state index < -0.39 is 0 Å². The number of rotatable bonds is 7. The van der Waals surface area contributed by atoms with Gasteiger partial charge in [0.25, 0.3) is 0 Å². The highest BCUT2D eigenvalue weighted by molar-refractivity contribution is 5.69. The van der Waals surface area contributed by atoms with E-state index in [0.29, 0.717) is 11.9 Å². The maximum atomic E-state index is 5.87. The van der Waals surface area contributed by atoms with Crippen molar-refractivity contribution in [3.8, 4) is 17.0 Å². The van der Waals surface area contributed by atoms with Crippen LogP contribution in [0, 0.1) is 0 Å². The summed E-state index contributed by atoms with van der Waals surface area (Å²) in [6.45, 7) is 7.79. The van der Waals surface area contributed by atoms with Crippen molar-refractivity contribution in [1.82, 2.24) is 14.8 Å². The standard InChI is InChI=1S/C26H32N4O/c1-20(30-17-15-29(16-18-30)14-13-21-7-4-3-5-8-21)22-11-12-23(25(19-22)31-2)24-9-6-10-26(27)28-24/h3-12,19-20H,13-18H2,1-2H3,(H2,27,28). The van der Waals surface area contributed by atoms with Crippen molar-refractivity contribution in [3.05, 3.63) is 77.9 Å². The number of aromatic nitrogens is 1. The van der Waals surface area contributed by atoms with Gasteiger partial charge in [-0.05, 0) is 48.7 Å². The lowest BCUT2D eigenvalue weighted by atomic mass is 10.0. The quantitative estimate of drug-likeness (QED) is 0.624. The van der Waals surface area contributed by atoms with Crippen LogP contribution in [0.2, 0.25) is 0 Å². The molecule has 0 aliphatic carbocycles. The van der Waals surface area contributed by atoms with Crippen molar-refractivity contribution in [3.63, 3.8) is 0 Å². The van der Waals surface area contributed by atoms with Crippen molar-refractivity contribution < 1.29 is 4.74 Å². The third kappa shape index (κ3) is 5.24. The van der Waals surface area contributed by atoms with E-state index in [-0.39, 0.29) is 0 Å². The molecule has 1 aliphatic heterocycles. The van der Waals surface area contributed by atoms with E-state index in [1.54, 1.807) is 13.2 Å². The number of nitrogens with two attached hydrogens (primary N) is 1. The molecule has 31 heavy (non-hydrogen) atoms. The molecule has 2 aromatic carbocycles. The number of nitrogens with zero attached hydrogens (tertiary/aromatic N) is 3. The van der Waals surface area contributed by atoms with E-state index in [1.807, 2.05) is 12.1 Å². The van der Waals surface area contributed by atoms with Crippen LogP contribution in [-0.2, 0) is 6.42 Å². The van der Waals surface area contributed by atoms with Crippen LogP contribution < -0.4 is 10.5 Å². The van der Waals surface area contributed by atoms with Crippen LogP contribution in [0.4, 0.5) is 5.82 Å². The average molecular weight is 417 g/mol. The van der Waals surface area contributed by atoms with Gasteiger partial charge in [-0.15, -0.1) is 0 Å². The van der Waals surface area contributed by atoms with Crippen molar-refractivity contribution >= 4 is 5.82 Å². The van der Waals surface area contributed by atoms with Gasteiger partial charge in [0, 0.05) is 44.3 Å². The molecular formula is C26H32N4O. The van der Waals surface area contributed by atoms with E-state index in [2.05, 4.69) is 70.2 Å². The number of hydrogen-bond donors (Lipinski definition) is 1. The first-order chi connectivity index (χ1) is 15.1. The molecule has 2 heterocycles. The van der Waals surface area contributed by atoms with Crippen LogP contribution in [0.1, 0.15) is 24.1 Å². The van der Waals surface area contributed by atoms with Gasteiger partial charge in [0.1, 0.15) is 11.6 Å². The lowest BCUT2D eigenvalue weighted by molar-refractivity contribution is 0.103. The highest BCUT2D eigenvalue weighted by Crippen LogP contribution is 2.33. The Kier molecular flexibility index (Phi) is 6.85. The Hall–Kier alpha value is -2.89. The maximum Gasteiger partial charge on any atom is 0.128 e. The second kappa shape index (κ2) is 9.94. The van der Waals surface area contributed by atoms with Crippen LogP contribution in [-0.4, -0.2) is 54.6 Å². The van der Waals surface area contributed by atoms with E-state index in [1.165, 1.54) is 11.1 Å². The summed E-state index contributed by atoms with van der Waals surface area (Å²) >= 11 is 0. The normalized spacial score (nSPS) is 16.2. The topological polar surface area (TPSA) is 54.6 Å². The Bertz CT molecular complexity index is 984. The molecule has 162 valence electrons. The smallest absolute Gasteiger partial charge is 0.128 e. The molecule has 5 nitrogen and oxygen atoms in total. The molecule has 1 aromatic heterocycles. The monoisotopic (exact) mass is 416 g/mol. The highest BCUT2D eigenvalue weighted by atomic mass is 16.5. The zero-order valence-corrected chi connectivity index (χ0v) is 18.5. The minimum atomic E-state index is 0.341. The van der Waals surface area contributed by atoms with Gasteiger partial charge in [-0.3, -0.25) is 4.90 Å². The van der Waals surface area contributed by atoms with Crippen molar-refractivity contribution in [2.45, 2.75) is 19.4 Å². The number of hydrogen-bond acceptors (Lipinski definition) is 5. The fraction of sp³-hybridized carbons (Fsp3) is 0.346. The van der Waals surface area contributed by atoms with Gasteiger partial charge in [0.15, 0.2) is 0 Å². The summed E-state index contributed by atoms with van der Waals surface area (Å²) in [6.07, 6.45) is 1.12. The van der Waals surface area contributed by atoms with Crippen LogP contribution >= 0.6 is 0 Å². The SMILES string of the molecule is COc1cc(C(C)N2CCN(CCc3ccccc3)CC2)ccc1-c1cccc(N)n1. The number of benzene rings is 2. The lowest BCUT2D eigenvalue weighted by Gasteiger charge is -2.38. The molecule has 1 atom stereocenters. The summed E-state index contributed by atoms with van der Waals surface area (Å²) in [5.41, 5.74) is 10.4. The minimum Gasteiger partial charge on any atom is -0.496 e. The Morgan fingerprint density at radius 1 is 0.968 bits per heavy atom. The van der Waals surface area contributed by atoms with Gasteiger partial charge in [0.05, 0.1) is 12.8 Å². The van der Waals surface area contributed by atoms with E-state index in [9.17, 15) is 0 Å². The molecule has 1 aliphatic rings. The molecule has 1 fully saturated rings. The molecule has 0 radical (unpaired) electrons. The van der Waals surface area contributed by atoms with Crippen molar-refractivity contribution in [2.24, 2.45) is 0 Å². The summed E-state index contributed by atoms with van der Waals surface area (Å²) in [4.78, 5) is 9.58. The van der Waals surface area contributed by atoms with Crippen molar-refractivity contribution in [2.75, 3.05) is 45.6 Å². The zero-order chi connectivity index (χ0) is 21.6. The summed E-state index contributed by atoms with van der Waals surface area (Å²) < 4.78 is 5.70. The second-order valence-electron chi connectivity index (χ2n) is 8.20. The zero-order valence-electron chi connectivity index (χ0n) is 18.5. The Morgan fingerprint density at radius 2 is 1.74 bits per heavy atom. The number of piperazine rings is 1. The second-order valence-corrected chi connectivity index (χ2v) is 8.20. The molecule has 4 rings (SSSR count). The van der Waals surface area contributed by atoms with Crippen LogP contribution in [0.5, 0.6) is 5.75 Å². The third-order valence-corrected chi connectivity index (χ3v) is 6.27. The van der Waals surface area contributed by atoms with Gasteiger partial charge in [-0.1, -0.05) is 42.5 Å². The first kappa shape index (κ1) is 21.3. The van der Waals surface area contributed by atoms with Gasteiger partial charge in [-0.2, -0.15) is 0 Å². The Morgan fingerprint density at radius 3 is 2.45 bits per heavy atom. The minimum absolute atomic E-state index is 0.341. The third-order valence-electron chi connectivity index (χ3n) is 6.27. The molecule has 0 bridgehead atoms. The van der Waals surface area contributed by atoms with E-state index in [0.717, 1.165) is 56.2 Å². The molecule has 0 amide bonds. The molecule has 1 unspecified atom stereocenters. The fourth-order valence-corrected chi connectivity index (χ4v) is 4.30. The summed E-state index contributed by atoms with van der Waals surface area (Å²) in [7, 11) is 1.71. The average Bonchev–Trinajstić information content (AvgIpc) is 2.83. The molecule has 5 heteroatoms. The van der Waals surface area contributed by atoms with Crippen molar-refractivity contribution in [1.29, 1.82) is 0 Å². The predicted octanol–water partition coefficient (Wildman–Crippen LogP) is 4.26. The summed E-state index contributed by atoms with van der Waals surface area (Å²) in [6, 6.07) is 23.2. The summed E-state index contributed by atoms with van der Waals surface area (Å²) in [5.74, 6) is 1.35. The largest absolute Gasteiger partial charge is 0.496 e. The van der Waals surface area contributed by atoms with Crippen LogP contribution in [0.15, 0.2) is 66.7 Å². The predicted molar refractivity (Wildman–Crippen MR) is 127 cm³/mol. The van der Waals surface area contributed by atoms with Gasteiger partial charge >= 0.3 is 0 Å². The van der Waals surface area contributed by atoms with Gasteiger partial charge in [0.2, 0.25) is 0 Å². The molecule has 0 saturated carbocycles. The summed E-state index contributed by atoms with van der Waals surface area (Å²) in [5, 5.41) is 0. The maximum absolute atomic E-state index is 5.87. The Labute approximate surface area is 185 Å². The fourth-order valence-electron chi connectivity index (χ4n) is 4.30. The molecular weight excluding hydrogens is 384 g/mol. The number of nitrogen functional groups attached to an aromatic ring is 1. The Balaban J connectivity index is 1.38. The first-order valence-electron chi connectivity index (χ1n) is 11.0. The van der Waals surface area contributed by atoms with Gasteiger partial charge < -0.3 is 15.4 Å². The van der Waals surface area contributed by atoms with Gasteiger partial charge in [-0.25, -0.2) is 4.98 Å². The lowest BCUT2D eigenvalue weighted by Crippen LogP contribution is -2.47. The number of ether oxygens (including phenoxy) is 1. The van der Waals surface area contributed by atoms with E-state index >= 15 is 0 Å².